The summed E-state index contributed by atoms with van der Waals surface area (Å²) in [4.78, 5) is 3.85. The Hall–Kier alpha value is -2.04. The van der Waals surface area contributed by atoms with Crippen LogP contribution in [0.15, 0.2) is 42.7 Å². The molecule has 0 saturated heterocycles. The Labute approximate surface area is 95.9 Å². The molecule has 1 heterocycles. The summed E-state index contributed by atoms with van der Waals surface area (Å²) in [6.45, 7) is 0. The van der Waals surface area contributed by atoms with Crippen molar-refractivity contribution in [1.29, 1.82) is 0 Å². The van der Waals surface area contributed by atoms with Crippen molar-refractivity contribution in [2.45, 2.75) is 6.18 Å². The highest BCUT2D eigenvalue weighted by molar-refractivity contribution is 5.75. The molecule has 88 valence electrons. The van der Waals surface area contributed by atoms with Gasteiger partial charge in [-0.1, -0.05) is 12.1 Å². The smallest absolute Gasteiger partial charge is 0.398 e. The fourth-order valence-corrected chi connectivity index (χ4v) is 1.51. The molecule has 5 heteroatoms. The Balaban J connectivity index is 2.51. The maximum absolute atomic E-state index is 12.5. The number of aromatic nitrogens is 1. The Kier molecular flexibility index (Phi) is 2.75. The van der Waals surface area contributed by atoms with Gasteiger partial charge in [0.1, 0.15) is 0 Å². The van der Waals surface area contributed by atoms with E-state index in [2.05, 4.69) is 4.98 Å². The molecule has 0 spiro atoms. The number of hydrogen-bond donors (Lipinski definition) is 1. The van der Waals surface area contributed by atoms with Gasteiger partial charge in [-0.3, -0.25) is 4.98 Å². The zero-order valence-electron chi connectivity index (χ0n) is 8.70. The Bertz CT molecular complexity index is 535. The first-order valence-corrected chi connectivity index (χ1v) is 4.85. The van der Waals surface area contributed by atoms with E-state index in [1.165, 1.54) is 18.5 Å². The van der Waals surface area contributed by atoms with E-state index in [9.17, 15) is 13.2 Å². The molecule has 0 fully saturated rings. The van der Waals surface area contributed by atoms with E-state index >= 15 is 0 Å². The predicted molar refractivity (Wildman–Crippen MR) is 59.1 cm³/mol. The van der Waals surface area contributed by atoms with Crippen molar-refractivity contribution in [3.63, 3.8) is 0 Å². The first-order chi connectivity index (χ1) is 7.98. The van der Waals surface area contributed by atoms with E-state index < -0.39 is 11.7 Å². The van der Waals surface area contributed by atoms with E-state index in [0.29, 0.717) is 16.8 Å². The first kappa shape index (κ1) is 11.4. The van der Waals surface area contributed by atoms with Crippen LogP contribution in [0.2, 0.25) is 0 Å². The van der Waals surface area contributed by atoms with Crippen molar-refractivity contribution in [1.82, 2.24) is 4.98 Å². The van der Waals surface area contributed by atoms with Crippen molar-refractivity contribution in [2.75, 3.05) is 5.73 Å². The van der Waals surface area contributed by atoms with Crippen molar-refractivity contribution in [3.05, 3.63) is 48.3 Å². The van der Waals surface area contributed by atoms with Crippen LogP contribution in [-0.2, 0) is 6.18 Å². The summed E-state index contributed by atoms with van der Waals surface area (Å²) in [5.74, 6) is 0. The maximum atomic E-state index is 12.5. The van der Waals surface area contributed by atoms with Crippen LogP contribution in [0.25, 0.3) is 11.1 Å². The lowest BCUT2D eigenvalue weighted by Gasteiger charge is -2.09. The Morgan fingerprint density at radius 2 is 1.88 bits per heavy atom. The molecule has 2 rings (SSSR count). The summed E-state index contributed by atoms with van der Waals surface area (Å²) in [7, 11) is 0. The summed E-state index contributed by atoms with van der Waals surface area (Å²) < 4.78 is 37.6. The molecule has 2 N–H and O–H groups in total. The van der Waals surface area contributed by atoms with Crippen LogP contribution in [0.5, 0.6) is 0 Å². The standard InChI is InChI=1S/C12H9F3N2/c13-12(14,15)9-3-1-2-8(6-9)10-7-17-5-4-11(10)16/h1-7H,(H2,16,17). The number of nitrogen functional groups attached to an aromatic ring is 1. The summed E-state index contributed by atoms with van der Waals surface area (Å²) in [5.41, 5.74) is 6.30. The molecule has 1 aromatic carbocycles. The summed E-state index contributed by atoms with van der Waals surface area (Å²) >= 11 is 0. The highest BCUT2D eigenvalue weighted by Crippen LogP contribution is 2.33. The van der Waals surface area contributed by atoms with Gasteiger partial charge in [0.15, 0.2) is 0 Å². The summed E-state index contributed by atoms with van der Waals surface area (Å²) in [6, 6.07) is 6.56. The third-order valence-corrected chi connectivity index (χ3v) is 2.36. The lowest BCUT2D eigenvalue weighted by Crippen LogP contribution is -2.04. The van der Waals surface area contributed by atoms with Gasteiger partial charge in [-0.25, -0.2) is 0 Å². The van der Waals surface area contributed by atoms with Gasteiger partial charge in [0.2, 0.25) is 0 Å². The molecule has 1 aromatic heterocycles. The minimum absolute atomic E-state index is 0.402. The number of pyridine rings is 1. The zero-order chi connectivity index (χ0) is 12.5. The highest BCUT2D eigenvalue weighted by Gasteiger charge is 2.30. The number of anilines is 1. The molecule has 0 aliphatic carbocycles. The largest absolute Gasteiger partial charge is 0.416 e. The molecule has 0 radical (unpaired) electrons. The topological polar surface area (TPSA) is 38.9 Å². The zero-order valence-corrected chi connectivity index (χ0v) is 8.70. The normalized spacial score (nSPS) is 11.5. The second-order valence-electron chi connectivity index (χ2n) is 3.54. The van der Waals surface area contributed by atoms with Gasteiger partial charge < -0.3 is 5.73 Å². The highest BCUT2D eigenvalue weighted by atomic mass is 19.4. The molecule has 2 aromatic rings. The van der Waals surface area contributed by atoms with Gasteiger partial charge in [0, 0.05) is 23.6 Å². The molecule has 0 amide bonds. The molecule has 17 heavy (non-hydrogen) atoms. The lowest BCUT2D eigenvalue weighted by molar-refractivity contribution is -0.137. The van der Waals surface area contributed by atoms with Gasteiger partial charge in [-0.15, -0.1) is 0 Å². The fraction of sp³-hybridized carbons (Fsp3) is 0.0833. The second kappa shape index (κ2) is 4.08. The fourth-order valence-electron chi connectivity index (χ4n) is 1.51. The van der Waals surface area contributed by atoms with Gasteiger partial charge in [0.25, 0.3) is 0 Å². The molecular weight excluding hydrogens is 229 g/mol. The van der Waals surface area contributed by atoms with E-state index in [1.807, 2.05) is 0 Å². The van der Waals surface area contributed by atoms with Crippen LogP contribution in [0, 0.1) is 0 Å². The monoisotopic (exact) mass is 238 g/mol. The minimum atomic E-state index is -4.35. The molecule has 0 aliphatic rings. The van der Waals surface area contributed by atoms with Gasteiger partial charge >= 0.3 is 6.18 Å². The molecule has 0 atom stereocenters. The average Bonchev–Trinajstić information content (AvgIpc) is 2.29. The lowest BCUT2D eigenvalue weighted by atomic mass is 10.0. The van der Waals surface area contributed by atoms with Crippen LogP contribution >= 0.6 is 0 Å². The predicted octanol–water partition coefficient (Wildman–Crippen LogP) is 3.35. The summed E-state index contributed by atoms with van der Waals surface area (Å²) in [6.07, 6.45) is -1.41. The van der Waals surface area contributed by atoms with Crippen molar-refractivity contribution >= 4 is 5.69 Å². The molecule has 0 aliphatic heterocycles. The molecule has 0 unspecified atom stereocenters. The molecule has 0 saturated carbocycles. The number of halogens is 3. The van der Waals surface area contributed by atoms with E-state index in [4.69, 9.17) is 5.73 Å². The molecular formula is C12H9F3N2. The van der Waals surface area contributed by atoms with Crippen molar-refractivity contribution in [2.24, 2.45) is 0 Å². The molecule has 2 nitrogen and oxygen atoms in total. The number of hydrogen-bond acceptors (Lipinski definition) is 2. The number of nitrogens with two attached hydrogens (primary N) is 1. The number of alkyl halides is 3. The maximum Gasteiger partial charge on any atom is 0.416 e. The third-order valence-electron chi connectivity index (χ3n) is 2.36. The number of rotatable bonds is 1. The van der Waals surface area contributed by atoms with Gasteiger partial charge in [-0.05, 0) is 23.8 Å². The van der Waals surface area contributed by atoms with Gasteiger partial charge in [-0.2, -0.15) is 13.2 Å². The summed E-state index contributed by atoms with van der Waals surface area (Å²) in [5, 5.41) is 0. The quantitative estimate of drug-likeness (QED) is 0.827. The van der Waals surface area contributed by atoms with Crippen LogP contribution in [0.3, 0.4) is 0 Å². The minimum Gasteiger partial charge on any atom is -0.398 e. The van der Waals surface area contributed by atoms with Crippen LogP contribution in [0.4, 0.5) is 18.9 Å². The van der Waals surface area contributed by atoms with E-state index in [-0.39, 0.29) is 0 Å². The average molecular weight is 238 g/mol. The van der Waals surface area contributed by atoms with E-state index in [1.54, 1.807) is 12.1 Å². The van der Waals surface area contributed by atoms with Crippen molar-refractivity contribution in [3.8, 4) is 11.1 Å². The van der Waals surface area contributed by atoms with Gasteiger partial charge in [0.05, 0.1) is 5.56 Å². The SMILES string of the molecule is Nc1ccncc1-c1cccc(C(F)(F)F)c1. The van der Waals surface area contributed by atoms with Crippen LogP contribution in [0.1, 0.15) is 5.56 Å². The first-order valence-electron chi connectivity index (χ1n) is 4.85. The number of benzene rings is 1. The second-order valence-corrected chi connectivity index (χ2v) is 3.54. The van der Waals surface area contributed by atoms with Crippen molar-refractivity contribution < 1.29 is 13.2 Å². The molecule has 0 bridgehead atoms. The number of nitrogens with zero attached hydrogens (tertiary/aromatic N) is 1. The van der Waals surface area contributed by atoms with Crippen LogP contribution in [-0.4, -0.2) is 4.98 Å². The van der Waals surface area contributed by atoms with Crippen LogP contribution < -0.4 is 5.73 Å². The van der Waals surface area contributed by atoms with E-state index in [0.717, 1.165) is 12.1 Å². The Morgan fingerprint density at radius 3 is 2.53 bits per heavy atom. The third kappa shape index (κ3) is 2.38. The Morgan fingerprint density at radius 1 is 1.12 bits per heavy atom.